The number of fused-ring (bicyclic) bond motifs is 1. The second kappa shape index (κ2) is 7.57. The third kappa shape index (κ3) is 3.80. The second-order valence-electron chi connectivity index (χ2n) is 6.39. The summed E-state index contributed by atoms with van der Waals surface area (Å²) in [4.78, 5) is 12.7. The van der Waals surface area contributed by atoms with Gasteiger partial charge in [0.1, 0.15) is 10.3 Å². The summed E-state index contributed by atoms with van der Waals surface area (Å²) >= 11 is 4.49. The average Bonchev–Trinajstić information content (AvgIpc) is 3.04. The Labute approximate surface area is 157 Å². The van der Waals surface area contributed by atoms with E-state index in [-0.39, 0.29) is 6.42 Å². The van der Waals surface area contributed by atoms with Crippen LogP contribution < -0.4 is 5.32 Å². The van der Waals surface area contributed by atoms with Gasteiger partial charge in [0.2, 0.25) is 5.91 Å². The van der Waals surface area contributed by atoms with E-state index in [0.29, 0.717) is 5.58 Å². The van der Waals surface area contributed by atoms with E-state index in [2.05, 4.69) is 17.9 Å². The van der Waals surface area contributed by atoms with Gasteiger partial charge < -0.3 is 19.8 Å². The zero-order valence-electron chi connectivity index (χ0n) is 14.3. The largest absolute Gasteiger partial charge is 0.475 e. The zero-order valence-corrected chi connectivity index (χ0v) is 15.2. The predicted molar refractivity (Wildman–Crippen MR) is 105 cm³/mol. The van der Waals surface area contributed by atoms with Crippen molar-refractivity contribution in [3.63, 3.8) is 0 Å². The number of hydrogen-bond donors (Lipinski definition) is 4. The molecule has 0 radical (unpaired) electrons. The number of benzene rings is 2. The van der Waals surface area contributed by atoms with Crippen LogP contribution in [-0.2, 0) is 16.0 Å². The molecule has 3 N–H and O–H groups in total. The molecule has 5 nitrogen and oxygen atoms in total. The van der Waals surface area contributed by atoms with Crippen LogP contribution in [0.1, 0.15) is 18.1 Å². The molecule has 26 heavy (non-hydrogen) atoms. The molecule has 3 aromatic rings. The highest BCUT2D eigenvalue weighted by atomic mass is 32.1. The lowest BCUT2D eigenvalue weighted by molar-refractivity contribution is -0.123. The van der Waals surface area contributed by atoms with Crippen molar-refractivity contribution in [2.75, 3.05) is 0 Å². The van der Waals surface area contributed by atoms with Crippen LogP contribution in [0.3, 0.4) is 0 Å². The Balaban J connectivity index is 1.79. The number of carbonyl (C=O) groups excluding carboxylic acids is 1. The first-order chi connectivity index (χ1) is 12.4. The van der Waals surface area contributed by atoms with Crippen LogP contribution in [-0.4, -0.2) is 29.0 Å². The van der Waals surface area contributed by atoms with E-state index in [4.69, 9.17) is 4.42 Å². The fraction of sp³-hybridized carbons (Fsp3) is 0.211. The van der Waals surface area contributed by atoms with Crippen LogP contribution >= 0.6 is 12.6 Å². The van der Waals surface area contributed by atoms with E-state index < -0.39 is 23.7 Å². The molecule has 0 saturated carbocycles. The number of rotatable bonds is 6. The Hall–Kier alpha value is -2.22. The molecule has 3 rings (SSSR count). The fourth-order valence-corrected chi connectivity index (χ4v) is 3.08. The van der Waals surface area contributed by atoms with Gasteiger partial charge in [0.25, 0.3) is 0 Å². The van der Waals surface area contributed by atoms with Gasteiger partial charge in [-0.15, -0.1) is 0 Å². The normalized spacial score (nSPS) is 14.6. The van der Waals surface area contributed by atoms with Crippen molar-refractivity contribution in [1.82, 2.24) is 5.32 Å². The number of hydrogen-bond acceptors (Lipinski definition) is 5. The highest BCUT2D eigenvalue weighted by Gasteiger charge is 2.35. The van der Waals surface area contributed by atoms with Gasteiger partial charge in [-0.3, -0.25) is 4.79 Å². The maximum Gasteiger partial charge on any atom is 0.475 e. The summed E-state index contributed by atoms with van der Waals surface area (Å²) in [5.74, 6) is -1.29. The third-order valence-electron chi connectivity index (χ3n) is 4.46. The van der Waals surface area contributed by atoms with Crippen molar-refractivity contribution >= 4 is 36.6 Å². The molecule has 0 aliphatic rings. The molecule has 0 unspecified atom stereocenters. The molecule has 0 saturated heterocycles. The summed E-state index contributed by atoms with van der Waals surface area (Å²) in [6, 6.07) is 16.6. The summed E-state index contributed by atoms with van der Waals surface area (Å²) in [5.41, 5.74) is 2.23. The molecule has 1 aromatic heterocycles. The van der Waals surface area contributed by atoms with Gasteiger partial charge in [0, 0.05) is 5.39 Å². The van der Waals surface area contributed by atoms with Crippen molar-refractivity contribution in [2.24, 2.45) is 0 Å². The van der Waals surface area contributed by atoms with Crippen LogP contribution in [0.15, 0.2) is 65.3 Å². The Morgan fingerprint density at radius 3 is 2.54 bits per heavy atom. The molecule has 0 spiro atoms. The Bertz CT molecular complexity index is 895. The van der Waals surface area contributed by atoms with Crippen LogP contribution in [0, 0.1) is 0 Å². The van der Waals surface area contributed by atoms with E-state index in [1.165, 1.54) is 0 Å². The van der Waals surface area contributed by atoms with Gasteiger partial charge in [0.15, 0.2) is 0 Å². The summed E-state index contributed by atoms with van der Waals surface area (Å²) in [6.45, 7) is 1.68. The van der Waals surface area contributed by atoms with Crippen molar-refractivity contribution in [3.05, 3.63) is 72.0 Å². The van der Waals surface area contributed by atoms with Gasteiger partial charge >= 0.3 is 7.12 Å². The lowest BCUT2D eigenvalue weighted by Crippen LogP contribution is -2.52. The molecule has 2 aromatic carbocycles. The van der Waals surface area contributed by atoms with E-state index in [0.717, 1.165) is 16.5 Å². The van der Waals surface area contributed by atoms with Gasteiger partial charge in [-0.05, 0) is 30.5 Å². The lowest BCUT2D eigenvalue weighted by atomic mass is 9.75. The van der Waals surface area contributed by atoms with Crippen LogP contribution in [0.4, 0.5) is 0 Å². The first kappa shape index (κ1) is 18.6. The van der Waals surface area contributed by atoms with Gasteiger partial charge in [0.05, 0.1) is 12.2 Å². The van der Waals surface area contributed by atoms with Crippen LogP contribution in [0.25, 0.3) is 11.0 Å². The average molecular weight is 369 g/mol. The molecule has 0 bridgehead atoms. The minimum Gasteiger partial charge on any atom is -0.464 e. The number of para-hydroxylation sites is 1. The fourth-order valence-electron chi connectivity index (χ4n) is 2.86. The molecule has 134 valence electrons. The predicted octanol–water partition coefficient (Wildman–Crippen LogP) is 2.32. The molecule has 1 heterocycles. The quantitative estimate of drug-likeness (QED) is 0.397. The number of thiol groups is 1. The Morgan fingerprint density at radius 2 is 1.85 bits per heavy atom. The molecular formula is C19H20BNO4S. The molecular weight excluding hydrogens is 349 g/mol. The Morgan fingerprint density at radius 1 is 1.19 bits per heavy atom. The lowest BCUT2D eigenvalue weighted by Gasteiger charge is -2.26. The van der Waals surface area contributed by atoms with E-state index >= 15 is 0 Å². The summed E-state index contributed by atoms with van der Waals surface area (Å²) < 4.78 is 4.38. The van der Waals surface area contributed by atoms with Crippen molar-refractivity contribution in [2.45, 2.75) is 24.0 Å². The maximum absolute atomic E-state index is 12.7. The standard InChI is InChI=1S/C19H20BNO4S/c1-19(26,14-7-3-2-4-8-14)18(22)21-17(20(23)24)11-13-12-25-16-10-6-5-9-15(13)16/h2-10,12,17,23-24,26H,11H2,1H3,(H,21,22)/t17-,19-/m1/s1. The maximum atomic E-state index is 12.7. The molecule has 0 fully saturated rings. The monoisotopic (exact) mass is 369 g/mol. The van der Waals surface area contributed by atoms with Crippen molar-refractivity contribution in [1.29, 1.82) is 0 Å². The first-order valence-corrected chi connectivity index (χ1v) is 8.74. The topological polar surface area (TPSA) is 82.7 Å². The summed E-state index contributed by atoms with van der Waals surface area (Å²) in [6.07, 6.45) is 1.79. The van der Waals surface area contributed by atoms with Crippen molar-refractivity contribution < 1.29 is 19.3 Å². The smallest absolute Gasteiger partial charge is 0.464 e. The number of nitrogens with one attached hydrogen (secondary N) is 1. The van der Waals surface area contributed by atoms with Crippen LogP contribution in [0.2, 0.25) is 0 Å². The van der Waals surface area contributed by atoms with E-state index in [1.54, 1.807) is 25.3 Å². The molecule has 2 atom stereocenters. The molecule has 7 heteroatoms. The van der Waals surface area contributed by atoms with Gasteiger partial charge in [-0.25, -0.2) is 0 Å². The van der Waals surface area contributed by atoms with Gasteiger partial charge in [-0.2, -0.15) is 12.6 Å². The van der Waals surface area contributed by atoms with Crippen molar-refractivity contribution in [3.8, 4) is 0 Å². The number of amides is 1. The van der Waals surface area contributed by atoms with Crippen LogP contribution in [0.5, 0.6) is 0 Å². The SMILES string of the molecule is C[C@](S)(C(=O)N[C@H](Cc1coc2ccccc12)B(O)O)c1ccccc1. The third-order valence-corrected chi connectivity index (χ3v) is 4.92. The highest BCUT2D eigenvalue weighted by molar-refractivity contribution is 7.82. The minimum absolute atomic E-state index is 0.221. The summed E-state index contributed by atoms with van der Waals surface area (Å²) in [7, 11) is -1.72. The first-order valence-electron chi connectivity index (χ1n) is 8.29. The molecule has 1 amide bonds. The number of carbonyl (C=O) groups is 1. The molecule has 0 aliphatic carbocycles. The highest BCUT2D eigenvalue weighted by Crippen LogP contribution is 2.28. The number of furan rings is 1. The van der Waals surface area contributed by atoms with E-state index in [9.17, 15) is 14.8 Å². The second-order valence-corrected chi connectivity index (χ2v) is 7.29. The minimum atomic E-state index is -1.72. The summed E-state index contributed by atoms with van der Waals surface area (Å²) in [5, 5.41) is 23.1. The Kier molecular flexibility index (Phi) is 5.41. The van der Waals surface area contributed by atoms with Gasteiger partial charge in [-0.1, -0.05) is 48.5 Å². The zero-order chi connectivity index (χ0) is 18.7. The molecule has 0 aliphatic heterocycles. The van der Waals surface area contributed by atoms with E-state index in [1.807, 2.05) is 42.5 Å².